The molecular weight excluding hydrogens is 260 g/mol. The molecule has 1 heterocycles. The average Bonchev–Trinajstić information content (AvgIpc) is 2.42. The van der Waals surface area contributed by atoms with Crippen molar-refractivity contribution in [3.8, 4) is 0 Å². The van der Waals surface area contributed by atoms with Gasteiger partial charge in [0.2, 0.25) is 0 Å². The Morgan fingerprint density at radius 1 is 1.25 bits per heavy atom. The third-order valence-electron chi connectivity index (χ3n) is 6.44. The van der Waals surface area contributed by atoms with Crippen molar-refractivity contribution in [3.63, 3.8) is 0 Å². The highest BCUT2D eigenvalue weighted by Gasteiger charge is 2.70. The highest BCUT2D eigenvalue weighted by molar-refractivity contribution is 5.89. The van der Waals surface area contributed by atoms with E-state index < -0.39 is 17.3 Å². The van der Waals surface area contributed by atoms with Gasteiger partial charge in [-0.1, -0.05) is 13.8 Å². The Bertz CT molecular complexity index is 448. The summed E-state index contributed by atoms with van der Waals surface area (Å²) in [5, 5.41) is 19.9. The van der Waals surface area contributed by atoms with Crippen LogP contribution in [-0.2, 0) is 14.6 Å². The van der Waals surface area contributed by atoms with Crippen LogP contribution in [0.25, 0.3) is 0 Å². The molecule has 5 nitrogen and oxygen atoms in total. The summed E-state index contributed by atoms with van der Waals surface area (Å²) in [6.45, 7) is 5.83. The molecule has 0 amide bonds. The quantitative estimate of drug-likeness (QED) is 0.711. The zero-order valence-electron chi connectivity index (χ0n) is 12.4. The van der Waals surface area contributed by atoms with Gasteiger partial charge in [-0.3, -0.25) is 4.79 Å². The van der Waals surface area contributed by atoms with Crippen LogP contribution in [0, 0.1) is 10.8 Å². The minimum absolute atomic E-state index is 0.0610. The molecule has 20 heavy (non-hydrogen) atoms. The van der Waals surface area contributed by atoms with Gasteiger partial charge >= 0.3 is 0 Å². The highest BCUT2D eigenvalue weighted by Crippen LogP contribution is 2.65. The van der Waals surface area contributed by atoms with E-state index in [1.165, 1.54) is 0 Å². The number of aliphatic hydroxyl groups excluding tert-OH is 1. The molecule has 114 valence electrons. The zero-order chi connectivity index (χ0) is 14.8. The number of hydrogen-bond acceptors (Lipinski definition) is 5. The molecule has 2 N–H and O–H groups in total. The second-order valence-corrected chi connectivity index (χ2v) is 7.56. The normalized spacial score (nSPS) is 50.6. The van der Waals surface area contributed by atoms with Gasteiger partial charge in [0.15, 0.2) is 11.4 Å². The fraction of sp³-hybridized carbons (Fsp3) is 0.933. The molecule has 2 saturated carbocycles. The van der Waals surface area contributed by atoms with Gasteiger partial charge < -0.3 is 10.2 Å². The first kappa shape index (κ1) is 14.4. The smallest absolute Gasteiger partial charge is 0.168 e. The lowest BCUT2D eigenvalue weighted by atomic mass is 9.44. The van der Waals surface area contributed by atoms with Crippen LogP contribution in [0.3, 0.4) is 0 Å². The Hall–Kier alpha value is -0.490. The van der Waals surface area contributed by atoms with E-state index >= 15 is 0 Å². The predicted octanol–water partition coefficient (Wildman–Crippen LogP) is 1.36. The molecule has 2 bridgehead atoms. The molecule has 0 aromatic carbocycles. The lowest BCUT2D eigenvalue weighted by molar-refractivity contribution is -0.468. The number of rotatable bonds is 1. The average molecular weight is 284 g/mol. The van der Waals surface area contributed by atoms with Crippen molar-refractivity contribution >= 4 is 5.78 Å². The maximum absolute atomic E-state index is 12.4. The monoisotopic (exact) mass is 284 g/mol. The summed E-state index contributed by atoms with van der Waals surface area (Å²) >= 11 is 0. The van der Waals surface area contributed by atoms with E-state index in [2.05, 4.69) is 13.8 Å². The number of carbonyl (C=O) groups excluding carboxylic acids is 1. The summed E-state index contributed by atoms with van der Waals surface area (Å²) in [7, 11) is 0. The highest BCUT2D eigenvalue weighted by atomic mass is 17.2. The minimum atomic E-state index is -1.26. The molecule has 0 aromatic rings. The molecule has 1 aliphatic heterocycles. The van der Waals surface area contributed by atoms with Gasteiger partial charge in [0.1, 0.15) is 11.7 Å². The van der Waals surface area contributed by atoms with E-state index in [0.717, 1.165) is 6.42 Å². The first-order valence-electron chi connectivity index (χ1n) is 7.42. The number of carbonyl (C=O) groups is 1. The molecule has 1 spiro atoms. The Labute approximate surface area is 119 Å². The third kappa shape index (κ3) is 1.49. The van der Waals surface area contributed by atoms with Crippen molar-refractivity contribution in [2.24, 2.45) is 10.8 Å². The second-order valence-electron chi connectivity index (χ2n) is 7.56. The van der Waals surface area contributed by atoms with Crippen LogP contribution in [-0.4, -0.2) is 39.9 Å². The van der Waals surface area contributed by atoms with Gasteiger partial charge in [-0.2, -0.15) is 0 Å². The minimum Gasteiger partial charge on any atom is -0.393 e. The van der Waals surface area contributed by atoms with Crippen molar-refractivity contribution < 1.29 is 24.8 Å². The van der Waals surface area contributed by atoms with Crippen LogP contribution in [0.5, 0.6) is 0 Å². The Morgan fingerprint density at radius 2 is 1.95 bits per heavy atom. The summed E-state index contributed by atoms with van der Waals surface area (Å²) in [4.78, 5) is 23.4. The van der Waals surface area contributed by atoms with Crippen LogP contribution in [0.15, 0.2) is 0 Å². The Balaban J connectivity index is 2.06. The van der Waals surface area contributed by atoms with Crippen molar-refractivity contribution in [1.29, 1.82) is 0 Å². The van der Waals surface area contributed by atoms with Crippen LogP contribution < -0.4 is 0 Å². The summed E-state index contributed by atoms with van der Waals surface area (Å²) in [6.07, 6.45) is 2.42. The molecule has 3 rings (SSSR count). The molecule has 0 aromatic heterocycles. The molecule has 4 atom stereocenters. The SMILES string of the molecule is CC1(C)CCC(=O)[C@]2(C)OO[C@H]3C[C@@]12CC[C@@]3(O)CO. The summed E-state index contributed by atoms with van der Waals surface area (Å²) in [5.41, 5.74) is -2.60. The van der Waals surface area contributed by atoms with Crippen LogP contribution in [0.1, 0.15) is 52.9 Å². The first-order chi connectivity index (χ1) is 9.21. The van der Waals surface area contributed by atoms with E-state index in [0.29, 0.717) is 25.7 Å². The van der Waals surface area contributed by atoms with E-state index in [-0.39, 0.29) is 23.2 Å². The number of ketones is 1. The molecule has 3 fully saturated rings. The fourth-order valence-corrected chi connectivity index (χ4v) is 4.65. The first-order valence-corrected chi connectivity index (χ1v) is 7.42. The third-order valence-corrected chi connectivity index (χ3v) is 6.44. The van der Waals surface area contributed by atoms with Gasteiger partial charge in [-0.05, 0) is 38.0 Å². The van der Waals surface area contributed by atoms with Crippen molar-refractivity contribution in [1.82, 2.24) is 0 Å². The number of hydrogen-bond donors (Lipinski definition) is 2. The lowest BCUT2D eigenvalue weighted by Crippen LogP contribution is -2.72. The van der Waals surface area contributed by atoms with Gasteiger partial charge in [0.05, 0.1) is 6.61 Å². The number of fused-ring (bicyclic) bond motifs is 1. The molecule has 0 radical (unpaired) electrons. The van der Waals surface area contributed by atoms with Crippen molar-refractivity contribution in [2.75, 3.05) is 6.61 Å². The predicted molar refractivity (Wildman–Crippen MR) is 70.7 cm³/mol. The molecule has 0 unspecified atom stereocenters. The van der Waals surface area contributed by atoms with Gasteiger partial charge in [-0.15, -0.1) is 0 Å². The molecule has 5 heteroatoms. The summed E-state index contributed by atoms with van der Waals surface area (Å²) in [5.74, 6) is 0.0877. The maximum Gasteiger partial charge on any atom is 0.168 e. The van der Waals surface area contributed by atoms with E-state index in [1.807, 2.05) is 6.92 Å². The topological polar surface area (TPSA) is 76.0 Å². The molecule has 3 aliphatic rings. The van der Waals surface area contributed by atoms with Crippen LogP contribution in [0.2, 0.25) is 0 Å². The summed E-state index contributed by atoms with van der Waals surface area (Å²) < 4.78 is 0. The van der Waals surface area contributed by atoms with Crippen LogP contribution in [0.4, 0.5) is 0 Å². The molecule has 2 aliphatic carbocycles. The van der Waals surface area contributed by atoms with Crippen LogP contribution >= 0.6 is 0 Å². The van der Waals surface area contributed by atoms with Gasteiger partial charge in [-0.25, -0.2) is 9.78 Å². The van der Waals surface area contributed by atoms with E-state index in [4.69, 9.17) is 9.78 Å². The molecular formula is C15H24O5. The number of Topliss-reactive ketones (excluding diaryl/α,β-unsaturated/α-hetero) is 1. The van der Waals surface area contributed by atoms with E-state index in [9.17, 15) is 15.0 Å². The van der Waals surface area contributed by atoms with Crippen molar-refractivity contribution in [3.05, 3.63) is 0 Å². The lowest BCUT2D eigenvalue weighted by Gasteiger charge is -2.65. The Morgan fingerprint density at radius 3 is 2.60 bits per heavy atom. The standard InChI is InChI=1S/C15H24O5/c1-12(2)5-4-10(17)13(3)15(12)7-6-14(18,9-16)11(8-15)19-20-13/h11,16,18H,4-9H2,1-3H3/t11-,13-,14+,15-/m0/s1. The number of aliphatic hydroxyl groups is 2. The van der Waals surface area contributed by atoms with Crippen molar-refractivity contribution in [2.45, 2.75) is 70.2 Å². The maximum atomic E-state index is 12.4. The van der Waals surface area contributed by atoms with Gasteiger partial charge in [0, 0.05) is 11.8 Å². The molecule has 1 saturated heterocycles. The zero-order valence-corrected chi connectivity index (χ0v) is 12.4. The largest absolute Gasteiger partial charge is 0.393 e. The second kappa shape index (κ2) is 4.03. The summed E-state index contributed by atoms with van der Waals surface area (Å²) in [6, 6.07) is 0. The van der Waals surface area contributed by atoms with E-state index in [1.54, 1.807) is 0 Å². The Kier molecular flexibility index (Phi) is 2.91. The van der Waals surface area contributed by atoms with Gasteiger partial charge in [0.25, 0.3) is 0 Å². The fourth-order valence-electron chi connectivity index (χ4n) is 4.65.